The molecule has 2 fully saturated rings. The molecule has 1 saturated carbocycles. The number of carbonyl (C=O) groups excluding carboxylic acids is 1. The van der Waals surface area contributed by atoms with Crippen LogP contribution in [0.15, 0.2) is 23.0 Å². The Labute approximate surface area is 147 Å². The second-order valence-electron chi connectivity index (χ2n) is 7.44. The van der Waals surface area contributed by atoms with Crippen molar-refractivity contribution in [1.29, 1.82) is 0 Å². The fraction of sp³-hybridized carbons (Fsp3) is 0.579. The maximum atomic E-state index is 12.8. The smallest absolute Gasteiger partial charge is 0.275 e. The highest BCUT2D eigenvalue weighted by molar-refractivity contribution is 6.05. The number of fused-ring (bicyclic) bond motifs is 1. The van der Waals surface area contributed by atoms with E-state index in [0.29, 0.717) is 16.5 Å². The number of carbonyl (C=O) groups is 1. The first-order valence-electron chi connectivity index (χ1n) is 9.42. The molecule has 0 unspecified atom stereocenters. The number of aromatic amines is 1. The first-order chi connectivity index (χ1) is 12.1. The molecule has 134 valence electrons. The van der Waals surface area contributed by atoms with Gasteiger partial charge in [-0.15, -0.1) is 0 Å². The summed E-state index contributed by atoms with van der Waals surface area (Å²) in [6.07, 6.45) is 8.64. The molecule has 0 spiro atoms. The molecule has 2 aromatic rings. The van der Waals surface area contributed by atoms with Gasteiger partial charge in [-0.25, -0.2) is 4.68 Å². The van der Waals surface area contributed by atoms with Gasteiger partial charge in [-0.1, -0.05) is 25.3 Å². The average Bonchev–Trinajstić information content (AvgIpc) is 2.99. The van der Waals surface area contributed by atoms with Crippen molar-refractivity contribution in [1.82, 2.24) is 14.7 Å². The van der Waals surface area contributed by atoms with E-state index in [2.05, 4.69) is 10.00 Å². The first kappa shape index (κ1) is 16.4. The number of hydrogen-bond donors (Lipinski definition) is 2. The van der Waals surface area contributed by atoms with E-state index >= 15 is 0 Å². The van der Waals surface area contributed by atoms with Crippen LogP contribution in [0.2, 0.25) is 0 Å². The third kappa shape index (κ3) is 2.99. The van der Waals surface area contributed by atoms with Crippen LogP contribution in [0.4, 0.5) is 0 Å². The summed E-state index contributed by atoms with van der Waals surface area (Å²) in [7, 11) is 0. The number of piperidine rings is 1. The van der Waals surface area contributed by atoms with Crippen molar-refractivity contribution in [3.63, 3.8) is 0 Å². The number of benzene rings is 1. The number of nitrogens with two attached hydrogens (primary N) is 1. The van der Waals surface area contributed by atoms with Gasteiger partial charge < -0.3 is 10.6 Å². The number of aromatic nitrogens is 2. The summed E-state index contributed by atoms with van der Waals surface area (Å²) >= 11 is 0. The average molecular weight is 342 g/mol. The molecule has 2 aliphatic rings. The molecule has 0 bridgehead atoms. The predicted molar refractivity (Wildman–Crippen MR) is 97.8 cm³/mol. The normalized spacial score (nSPS) is 21.0. The van der Waals surface area contributed by atoms with E-state index in [4.69, 9.17) is 5.73 Å². The number of nitrogens with one attached hydrogen (secondary N) is 1. The number of nitrogens with zero attached hydrogens (tertiary/aromatic N) is 2. The minimum Gasteiger partial charge on any atom is -0.366 e. The molecule has 25 heavy (non-hydrogen) atoms. The van der Waals surface area contributed by atoms with Crippen LogP contribution in [-0.4, -0.2) is 39.7 Å². The highest BCUT2D eigenvalue weighted by atomic mass is 16.1. The molecule has 1 aromatic heterocycles. The van der Waals surface area contributed by atoms with Gasteiger partial charge in [0.15, 0.2) is 0 Å². The minimum atomic E-state index is -0.555. The summed E-state index contributed by atoms with van der Waals surface area (Å²) < 4.78 is 1.72. The van der Waals surface area contributed by atoms with Crippen molar-refractivity contribution >= 4 is 16.8 Å². The molecule has 6 heteroatoms. The summed E-state index contributed by atoms with van der Waals surface area (Å²) in [6.45, 7) is 2.08. The summed E-state index contributed by atoms with van der Waals surface area (Å²) in [6, 6.07) is 6.11. The van der Waals surface area contributed by atoms with E-state index in [0.717, 1.165) is 32.0 Å². The van der Waals surface area contributed by atoms with Crippen LogP contribution in [0.25, 0.3) is 10.9 Å². The molecule has 2 heterocycles. The number of amides is 1. The number of rotatable bonds is 3. The Kier molecular flexibility index (Phi) is 4.37. The zero-order valence-electron chi connectivity index (χ0n) is 14.5. The van der Waals surface area contributed by atoms with Crippen LogP contribution < -0.4 is 11.3 Å². The van der Waals surface area contributed by atoms with Crippen LogP contribution in [0.5, 0.6) is 0 Å². The van der Waals surface area contributed by atoms with Gasteiger partial charge in [0.1, 0.15) is 0 Å². The monoisotopic (exact) mass is 342 g/mol. The lowest BCUT2D eigenvalue weighted by molar-refractivity contribution is 0.100. The summed E-state index contributed by atoms with van der Waals surface area (Å²) in [5, 5.41) is 3.62. The van der Waals surface area contributed by atoms with E-state index in [-0.39, 0.29) is 11.6 Å². The summed E-state index contributed by atoms with van der Waals surface area (Å²) in [5.41, 5.74) is 6.30. The minimum absolute atomic E-state index is 0.125. The number of H-pyrrole nitrogens is 1. The lowest BCUT2D eigenvalue weighted by atomic mass is 9.92. The van der Waals surface area contributed by atoms with E-state index in [1.165, 1.54) is 32.1 Å². The maximum absolute atomic E-state index is 12.8. The highest BCUT2D eigenvalue weighted by Gasteiger charge is 2.28. The molecule has 4 rings (SSSR count). The van der Waals surface area contributed by atoms with Gasteiger partial charge in [0.2, 0.25) is 5.91 Å². The third-order valence-electron chi connectivity index (χ3n) is 5.96. The SMILES string of the molecule is NC(=O)c1cccc2[nH]n(C3CCN(C4CCCCC4)CC3)c(=O)c12. The molecule has 1 saturated heterocycles. The largest absolute Gasteiger partial charge is 0.366 e. The quantitative estimate of drug-likeness (QED) is 0.898. The lowest BCUT2D eigenvalue weighted by Crippen LogP contribution is -2.43. The van der Waals surface area contributed by atoms with Crippen molar-refractivity contribution in [2.75, 3.05) is 13.1 Å². The third-order valence-corrected chi connectivity index (χ3v) is 5.96. The van der Waals surface area contributed by atoms with Gasteiger partial charge in [-0.05, 0) is 37.8 Å². The lowest BCUT2D eigenvalue weighted by Gasteiger charge is -2.39. The molecule has 1 aromatic carbocycles. The van der Waals surface area contributed by atoms with Crippen molar-refractivity contribution < 1.29 is 4.79 Å². The zero-order chi connectivity index (χ0) is 17.4. The van der Waals surface area contributed by atoms with Gasteiger partial charge in [-0.3, -0.25) is 14.7 Å². The van der Waals surface area contributed by atoms with E-state index in [9.17, 15) is 9.59 Å². The van der Waals surface area contributed by atoms with Crippen LogP contribution >= 0.6 is 0 Å². The molecular formula is C19H26N4O2. The number of primary amides is 1. The Morgan fingerprint density at radius 2 is 1.76 bits per heavy atom. The Morgan fingerprint density at radius 1 is 1.04 bits per heavy atom. The number of hydrogen-bond acceptors (Lipinski definition) is 3. The molecule has 0 radical (unpaired) electrons. The van der Waals surface area contributed by atoms with Crippen molar-refractivity contribution in [3.05, 3.63) is 34.1 Å². The van der Waals surface area contributed by atoms with E-state index in [1.807, 2.05) is 6.07 Å². The van der Waals surface area contributed by atoms with Crippen LogP contribution in [0, 0.1) is 0 Å². The van der Waals surface area contributed by atoms with Gasteiger partial charge >= 0.3 is 0 Å². The second-order valence-corrected chi connectivity index (χ2v) is 7.44. The van der Waals surface area contributed by atoms with Gasteiger partial charge in [0.25, 0.3) is 5.56 Å². The second kappa shape index (κ2) is 6.67. The van der Waals surface area contributed by atoms with Gasteiger partial charge in [0.05, 0.1) is 22.5 Å². The Balaban J connectivity index is 1.55. The van der Waals surface area contributed by atoms with Gasteiger partial charge in [0, 0.05) is 19.1 Å². The number of likely N-dealkylation sites (tertiary alicyclic amines) is 1. The van der Waals surface area contributed by atoms with Crippen LogP contribution in [0.1, 0.15) is 61.3 Å². The van der Waals surface area contributed by atoms with Gasteiger partial charge in [-0.2, -0.15) is 0 Å². The molecule has 1 aliphatic heterocycles. The molecule has 0 atom stereocenters. The molecular weight excluding hydrogens is 316 g/mol. The molecule has 1 amide bonds. The maximum Gasteiger partial charge on any atom is 0.275 e. The standard InChI is InChI=1S/C19H26N4O2/c20-18(24)15-7-4-8-16-17(15)19(25)23(21-16)14-9-11-22(12-10-14)13-5-2-1-3-6-13/h4,7-8,13-14,21H,1-3,5-6,9-12H2,(H2,20,24). The van der Waals surface area contributed by atoms with Crippen molar-refractivity contribution in [2.24, 2.45) is 5.73 Å². The van der Waals surface area contributed by atoms with Crippen molar-refractivity contribution in [3.8, 4) is 0 Å². The molecule has 6 nitrogen and oxygen atoms in total. The van der Waals surface area contributed by atoms with Crippen LogP contribution in [-0.2, 0) is 0 Å². The van der Waals surface area contributed by atoms with E-state index in [1.54, 1.807) is 16.8 Å². The fourth-order valence-electron chi connectivity index (χ4n) is 4.59. The Morgan fingerprint density at radius 3 is 2.44 bits per heavy atom. The zero-order valence-corrected chi connectivity index (χ0v) is 14.5. The Hall–Kier alpha value is -2.08. The van der Waals surface area contributed by atoms with E-state index < -0.39 is 5.91 Å². The summed E-state index contributed by atoms with van der Waals surface area (Å²) in [4.78, 5) is 27.1. The highest BCUT2D eigenvalue weighted by Crippen LogP contribution is 2.29. The molecule has 3 N–H and O–H groups in total. The van der Waals surface area contributed by atoms with Crippen molar-refractivity contribution in [2.45, 2.75) is 57.0 Å². The van der Waals surface area contributed by atoms with Crippen LogP contribution in [0.3, 0.4) is 0 Å². The summed E-state index contributed by atoms with van der Waals surface area (Å²) in [5.74, 6) is -0.555. The predicted octanol–water partition coefficient (Wildman–Crippen LogP) is 2.40. The first-order valence-corrected chi connectivity index (χ1v) is 9.42. The Bertz CT molecular complexity index is 824. The fourth-order valence-corrected chi connectivity index (χ4v) is 4.59. The molecule has 1 aliphatic carbocycles. The topological polar surface area (TPSA) is 84.1 Å².